The highest BCUT2D eigenvalue weighted by atomic mass is 19.1. The van der Waals surface area contributed by atoms with Crippen LogP contribution >= 0.6 is 0 Å². The quantitative estimate of drug-likeness (QED) is 0.395. The third-order valence-electron chi connectivity index (χ3n) is 5.49. The highest BCUT2D eigenvalue weighted by Crippen LogP contribution is 2.19. The zero-order chi connectivity index (χ0) is 24.8. The molecule has 0 bridgehead atoms. The summed E-state index contributed by atoms with van der Waals surface area (Å²) in [6, 6.07) is 14.3. The molecule has 0 aliphatic carbocycles. The number of carbonyl (C=O) groups excluding carboxylic acids is 1. The van der Waals surface area contributed by atoms with E-state index in [9.17, 15) is 23.9 Å². The van der Waals surface area contributed by atoms with E-state index in [2.05, 4.69) is 5.32 Å². The number of halogens is 1. The Morgan fingerprint density at radius 3 is 2.26 bits per heavy atom. The maximum absolute atomic E-state index is 13.2. The van der Waals surface area contributed by atoms with Gasteiger partial charge in [0.15, 0.2) is 5.78 Å². The number of nitrogens with two attached hydrogens (primary N) is 1. The number of carboxylic acids is 1. The summed E-state index contributed by atoms with van der Waals surface area (Å²) < 4.78 is 14.4. The van der Waals surface area contributed by atoms with Gasteiger partial charge in [-0.2, -0.15) is 0 Å². The predicted octanol–water partition coefficient (Wildman–Crippen LogP) is 3.42. The van der Waals surface area contributed by atoms with Crippen molar-refractivity contribution < 1.29 is 19.1 Å². The second kappa shape index (κ2) is 10.9. The lowest BCUT2D eigenvalue weighted by molar-refractivity contribution is -0.139. The molecule has 1 atom stereocenters. The molecule has 178 valence electrons. The van der Waals surface area contributed by atoms with Crippen LogP contribution in [-0.4, -0.2) is 34.0 Å². The molecule has 0 amide bonds. The molecular formula is C26H28FN3O4. The van der Waals surface area contributed by atoms with E-state index in [1.165, 1.54) is 41.0 Å². The van der Waals surface area contributed by atoms with E-state index in [0.717, 1.165) is 5.56 Å². The van der Waals surface area contributed by atoms with Gasteiger partial charge in [-0.3, -0.25) is 19.0 Å². The second-order valence-corrected chi connectivity index (χ2v) is 8.53. The fraction of sp³-hybridized carbons (Fsp3) is 0.269. The van der Waals surface area contributed by atoms with Crippen LogP contribution in [0.3, 0.4) is 0 Å². The van der Waals surface area contributed by atoms with Crippen LogP contribution in [-0.2, 0) is 11.2 Å². The summed E-state index contributed by atoms with van der Waals surface area (Å²) in [5, 5.41) is 12.4. The fourth-order valence-electron chi connectivity index (χ4n) is 3.71. The molecule has 0 saturated carbocycles. The van der Waals surface area contributed by atoms with E-state index in [1.54, 1.807) is 12.1 Å². The van der Waals surface area contributed by atoms with Crippen molar-refractivity contribution >= 4 is 17.6 Å². The summed E-state index contributed by atoms with van der Waals surface area (Å²) in [7, 11) is 0. The summed E-state index contributed by atoms with van der Waals surface area (Å²) in [4.78, 5) is 36.8. The van der Waals surface area contributed by atoms with Crippen molar-refractivity contribution in [2.75, 3.05) is 12.3 Å². The van der Waals surface area contributed by atoms with Crippen LogP contribution in [0.5, 0.6) is 0 Å². The lowest BCUT2D eigenvalue weighted by atomic mass is 10.0. The number of benzene rings is 2. The van der Waals surface area contributed by atoms with Crippen LogP contribution in [0.15, 0.2) is 65.5 Å². The zero-order valence-corrected chi connectivity index (χ0v) is 19.1. The van der Waals surface area contributed by atoms with Crippen LogP contribution in [0, 0.1) is 11.7 Å². The molecule has 0 radical (unpaired) electrons. The third-order valence-corrected chi connectivity index (χ3v) is 5.49. The van der Waals surface area contributed by atoms with Gasteiger partial charge >= 0.3 is 5.97 Å². The number of nitrogen functional groups attached to an aromatic ring is 1. The molecule has 0 spiro atoms. The van der Waals surface area contributed by atoms with Gasteiger partial charge in [0, 0.05) is 11.6 Å². The SMILES string of the molecule is CC(C)C[C@H](NCCc1ccc(-n2c(N)c(C(=O)c3ccc(F)cc3)ccc2=O)cc1)C(=O)O. The molecular weight excluding hydrogens is 437 g/mol. The number of anilines is 1. The number of ketones is 1. The Labute approximate surface area is 197 Å². The Morgan fingerprint density at radius 1 is 1.03 bits per heavy atom. The number of hydrogen-bond acceptors (Lipinski definition) is 5. The smallest absolute Gasteiger partial charge is 0.320 e. The molecule has 1 heterocycles. The molecule has 4 N–H and O–H groups in total. The van der Waals surface area contributed by atoms with Gasteiger partial charge in [-0.25, -0.2) is 4.39 Å². The maximum Gasteiger partial charge on any atom is 0.320 e. The highest BCUT2D eigenvalue weighted by molar-refractivity contribution is 6.11. The van der Waals surface area contributed by atoms with Crippen molar-refractivity contribution in [2.45, 2.75) is 32.7 Å². The molecule has 0 aliphatic rings. The van der Waals surface area contributed by atoms with Gasteiger partial charge in [-0.15, -0.1) is 0 Å². The Morgan fingerprint density at radius 2 is 1.68 bits per heavy atom. The third kappa shape index (κ3) is 5.96. The van der Waals surface area contributed by atoms with Crippen molar-refractivity contribution in [1.82, 2.24) is 9.88 Å². The number of nitrogens with one attached hydrogen (secondary N) is 1. The number of carboxylic acid groups (broad SMARTS) is 1. The Hall–Kier alpha value is -3.78. The first-order valence-electron chi connectivity index (χ1n) is 11.0. The number of hydrogen-bond donors (Lipinski definition) is 3. The molecule has 0 fully saturated rings. The van der Waals surface area contributed by atoms with Crippen molar-refractivity contribution in [3.8, 4) is 5.69 Å². The van der Waals surface area contributed by atoms with Crippen molar-refractivity contribution in [2.24, 2.45) is 5.92 Å². The van der Waals surface area contributed by atoms with Gasteiger partial charge < -0.3 is 16.2 Å². The maximum atomic E-state index is 13.2. The second-order valence-electron chi connectivity index (χ2n) is 8.53. The standard InChI is InChI=1S/C26H28FN3O4/c1-16(2)15-22(26(33)34)29-14-13-17-3-9-20(10-4-17)30-23(31)12-11-21(25(30)28)24(32)18-5-7-19(27)8-6-18/h3-12,16,22,29H,13-15,28H2,1-2H3,(H,33,34)/t22-/m0/s1. The average Bonchev–Trinajstić information content (AvgIpc) is 2.79. The van der Waals surface area contributed by atoms with Crippen molar-refractivity contribution in [3.63, 3.8) is 0 Å². The minimum absolute atomic E-state index is 0.00535. The molecule has 34 heavy (non-hydrogen) atoms. The van der Waals surface area contributed by atoms with Crippen molar-refractivity contribution in [1.29, 1.82) is 0 Å². The normalized spacial score (nSPS) is 12.0. The van der Waals surface area contributed by atoms with E-state index in [0.29, 0.717) is 25.1 Å². The largest absolute Gasteiger partial charge is 0.480 e. The average molecular weight is 466 g/mol. The van der Waals surface area contributed by atoms with Crippen LogP contribution in [0.1, 0.15) is 41.8 Å². The minimum Gasteiger partial charge on any atom is -0.480 e. The van der Waals surface area contributed by atoms with E-state index in [1.807, 2.05) is 26.0 Å². The van der Waals surface area contributed by atoms with Crippen LogP contribution < -0.4 is 16.6 Å². The van der Waals surface area contributed by atoms with Gasteiger partial charge in [-0.05, 0) is 73.3 Å². The van der Waals surface area contributed by atoms with Gasteiger partial charge in [0.05, 0.1) is 11.3 Å². The first-order chi connectivity index (χ1) is 16.2. The molecule has 2 aromatic carbocycles. The van der Waals surface area contributed by atoms with Crippen molar-refractivity contribution in [3.05, 3.63) is 93.5 Å². The fourth-order valence-corrected chi connectivity index (χ4v) is 3.71. The molecule has 0 aliphatic heterocycles. The van der Waals surface area contributed by atoms with Crippen LogP contribution in [0.4, 0.5) is 10.2 Å². The Balaban J connectivity index is 1.77. The molecule has 3 aromatic rings. The van der Waals surface area contributed by atoms with Gasteiger partial charge in [-0.1, -0.05) is 26.0 Å². The van der Waals surface area contributed by atoms with E-state index >= 15 is 0 Å². The van der Waals surface area contributed by atoms with Gasteiger partial charge in [0.25, 0.3) is 5.56 Å². The Kier molecular flexibility index (Phi) is 7.96. The highest BCUT2D eigenvalue weighted by Gasteiger charge is 2.18. The number of carbonyl (C=O) groups is 2. The lowest BCUT2D eigenvalue weighted by Gasteiger charge is -2.16. The first-order valence-corrected chi connectivity index (χ1v) is 11.0. The zero-order valence-electron chi connectivity index (χ0n) is 19.1. The van der Waals surface area contributed by atoms with Gasteiger partial charge in [0.2, 0.25) is 0 Å². The summed E-state index contributed by atoms with van der Waals surface area (Å²) in [5.41, 5.74) is 7.67. The molecule has 0 unspecified atom stereocenters. The van der Waals surface area contributed by atoms with E-state index in [4.69, 9.17) is 5.73 Å². The summed E-state index contributed by atoms with van der Waals surface area (Å²) in [5.74, 6) is -1.47. The molecule has 7 nitrogen and oxygen atoms in total. The number of aromatic nitrogens is 1. The number of pyridine rings is 1. The summed E-state index contributed by atoms with van der Waals surface area (Å²) in [6.45, 7) is 4.45. The van der Waals surface area contributed by atoms with Gasteiger partial charge in [0.1, 0.15) is 17.7 Å². The minimum atomic E-state index is -0.867. The lowest BCUT2D eigenvalue weighted by Crippen LogP contribution is -2.38. The first kappa shape index (κ1) is 24.9. The number of rotatable bonds is 10. The molecule has 1 aromatic heterocycles. The number of nitrogens with zero attached hydrogens (tertiary/aromatic N) is 1. The van der Waals surface area contributed by atoms with E-state index in [-0.39, 0.29) is 28.4 Å². The van der Waals surface area contributed by atoms with Crippen LogP contribution in [0.2, 0.25) is 0 Å². The summed E-state index contributed by atoms with van der Waals surface area (Å²) >= 11 is 0. The summed E-state index contributed by atoms with van der Waals surface area (Å²) in [6.07, 6.45) is 1.15. The topological polar surface area (TPSA) is 114 Å². The Bertz CT molecular complexity index is 1220. The number of aliphatic carboxylic acids is 1. The predicted molar refractivity (Wildman–Crippen MR) is 129 cm³/mol. The molecule has 0 saturated heterocycles. The molecule has 8 heteroatoms. The van der Waals surface area contributed by atoms with E-state index < -0.39 is 23.6 Å². The monoisotopic (exact) mass is 465 g/mol. The molecule has 3 rings (SSSR count). The van der Waals surface area contributed by atoms with Crippen LogP contribution in [0.25, 0.3) is 5.69 Å².